The fourth-order valence-corrected chi connectivity index (χ4v) is 5.81. The first-order chi connectivity index (χ1) is 12.2. The van der Waals surface area contributed by atoms with Crippen LogP contribution < -0.4 is 4.46 Å². The number of hydrogen-bond acceptors (Lipinski definition) is 4. The van der Waals surface area contributed by atoms with Crippen molar-refractivity contribution in [1.29, 1.82) is 0 Å². The molecule has 2 aromatic carbocycles. The van der Waals surface area contributed by atoms with Crippen molar-refractivity contribution in [2.45, 2.75) is 23.9 Å². The van der Waals surface area contributed by atoms with Crippen molar-refractivity contribution in [2.24, 2.45) is 5.92 Å². The number of methoxy groups -OCH3 is 1. The molecule has 132 valence electrons. The van der Waals surface area contributed by atoms with E-state index in [1.165, 1.54) is 11.6 Å². The van der Waals surface area contributed by atoms with Gasteiger partial charge in [0, 0.05) is 0 Å². The summed E-state index contributed by atoms with van der Waals surface area (Å²) in [4.78, 5) is 12.0. The van der Waals surface area contributed by atoms with Gasteiger partial charge in [0.25, 0.3) is 0 Å². The van der Waals surface area contributed by atoms with Crippen molar-refractivity contribution in [2.75, 3.05) is 13.7 Å². The number of hydrogen-bond donors (Lipinski definition) is 1. The molecule has 0 radical (unpaired) electrons. The summed E-state index contributed by atoms with van der Waals surface area (Å²) in [6.07, 6.45) is 0.632. The average molecular weight is 405 g/mol. The van der Waals surface area contributed by atoms with E-state index in [9.17, 15) is 9.90 Å². The molecule has 1 aliphatic rings. The zero-order valence-corrected chi connectivity index (χ0v) is 15.9. The van der Waals surface area contributed by atoms with E-state index in [-0.39, 0.29) is 33.5 Å². The zero-order valence-electron chi connectivity index (χ0n) is 14.2. The third-order valence-electron chi connectivity index (χ3n) is 4.58. The molecule has 25 heavy (non-hydrogen) atoms. The van der Waals surface area contributed by atoms with E-state index < -0.39 is 5.60 Å². The van der Waals surface area contributed by atoms with Gasteiger partial charge < -0.3 is 0 Å². The van der Waals surface area contributed by atoms with Gasteiger partial charge in [-0.2, -0.15) is 0 Å². The molecular weight excluding hydrogens is 383 g/mol. The van der Waals surface area contributed by atoms with E-state index in [1.807, 2.05) is 36.4 Å². The molecule has 0 aliphatic carbocycles. The third kappa shape index (κ3) is 3.96. The standard InChI is InChI=1S/C20H22O4Se/c1-23-19(22)16-11-20(24-13-16,17-8-3-2-4-9-17)14-25-18-10-6-5-7-15(18)12-21/h2-10,16,21H,11-14H2,1H3/t16-,20+/m1/s1. The summed E-state index contributed by atoms with van der Waals surface area (Å²) in [5.41, 5.74) is 1.60. The first kappa shape index (κ1) is 18.1. The van der Waals surface area contributed by atoms with Gasteiger partial charge >= 0.3 is 154 Å². The predicted molar refractivity (Wildman–Crippen MR) is 96.8 cm³/mol. The Balaban J connectivity index is 1.84. The van der Waals surface area contributed by atoms with Crippen LogP contribution in [0.3, 0.4) is 0 Å². The van der Waals surface area contributed by atoms with Crippen LogP contribution in [0.5, 0.6) is 0 Å². The molecule has 1 saturated heterocycles. The van der Waals surface area contributed by atoms with Gasteiger partial charge in [-0.1, -0.05) is 0 Å². The van der Waals surface area contributed by atoms with Crippen molar-refractivity contribution >= 4 is 25.4 Å². The fraction of sp³-hybridized carbons (Fsp3) is 0.350. The molecule has 0 aromatic heterocycles. The van der Waals surface area contributed by atoms with Crippen LogP contribution in [0.2, 0.25) is 5.32 Å². The molecule has 4 nitrogen and oxygen atoms in total. The van der Waals surface area contributed by atoms with Crippen LogP contribution in [-0.4, -0.2) is 39.7 Å². The van der Waals surface area contributed by atoms with Gasteiger partial charge in [0.05, 0.1) is 0 Å². The number of carbonyl (C=O) groups is 1. The molecule has 2 atom stereocenters. The van der Waals surface area contributed by atoms with E-state index in [0.29, 0.717) is 13.0 Å². The number of aliphatic hydroxyl groups excluding tert-OH is 1. The van der Waals surface area contributed by atoms with Crippen LogP contribution in [0.15, 0.2) is 54.6 Å². The summed E-state index contributed by atoms with van der Waals surface area (Å²) in [7, 11) is 1.42. The normalized spacial score (nSPS) is 22.7. The van der Waals surface area contributed by atoms with E-state index in [4.69, 9.17) is 9.47 Å². The van der Waals surface area contributed by atoms with E-state index >= 15 is 0 Å². The molecule has 0 amide bonds. The van der Waals surface area contributed by atoms with Gasteiger partial charge in [0.2, 0.25) is 0 Å². The van der Waals surface area contributed by atoms with E-state index in [0.717, 1.165) is 16.4 Å². The van der Waals surface area contributed by atoms with Crippen molar-refractivity contribution in [3.63, 3.8) is 0 Å². The molecule has 0 unspecified atom stereocenters. The molecular formula is C20H22O4Se. The van der Waals surface area contributed by atoms with Gasteiger partial charge in [-0.15, -0.1) is 0 Å². The predicted octanol–water partition coefficient (Wildman–Crippen LogP) is 2.03. The Hall–Kier alpha value is -1.65. The number of esters is 1. The van der Waals surface area contributed by atoms with Gasteiger partial charge in [-0.05, 0) is 0 Å². The number of aliphatic hydroxyl groups is 1. The molecule has 1 fully saturated rings. The van der Waals surface area contributed by atoms with Gasteiger partial charge in [0.1, 0.15) is 0 Å². The fourth-order valence-electron chi connectivity index (χ4n) is 3.19. The number of carbonyl (C=O) groups excluding carboxylic acids is 1. The second kappa shape index (κ2) is 8.15. The summed E-state index contributed by atoms with van der Waals surface area (Å²) in [6.45, 7) is 0.432. The molecule has 0 spiro atoms. The van der Waals surface area contributed by atoms with Gasteiger partial charge in [-0.3, -0.25) is 0 Å². The molecule has 1 heterocycles. The quantitative estimate of drug-likeness (QED) is 0.590. The second-order valence-corrected chi connectivity index (χ2v) is 8.28. The zero-order chi connectivity index (χ0) is 17.7. The Morgan fingerprint density at radius 1 is 1.24 bits per heavy atom. The van der Waals surface area contributed by atoms with E-state index in [2.05, 4.69) is 18.2 Å². The SMILES string of the molecule is COC(=O)[C@H]1CO[C@@](C[Se]c2ccccc2CO)(c2ccccc2)C1. The Kier molecular flexibility index (Phi) is 5.92. The minimum absolute atomic E-state index is 0.0436. The van der Waals surface area contributed by atoms with E-state index in [1.54, 1.807) is 0 Å². The molecule has 5 heteroatoms. The Morgan fingerprint density at radius 3 is 2.68 bits per heavy atom. The number of rotatable bonds is 6. The van der Waals surface area contributed by atoms with Crippen LogP contribution in [-0.2, 0) is 26.5 Å². The van der Waals surface area contributed by atoms with Crippen molar-refractivity contribution < 1.29 is 19.4 Å². The Bertz CT molecular complexity index is 719. The van der Waals surface area contributed by atoms with Crippen LogP contribution in [0, 0.1) is 5.92 Å². The van der Waals surface area contributed by atoms with Gasteiger partial charge in [-0.25, -0.2) is 0 Å². The molecule has 0 bridgehead atoms. The van der Waals surface area contributed by atoms with Crippen LogP contribution in [0.4, 0.5) is 0 Å². The van der Waals surface area contributed by atoms with Crippen LogP contribution in [0.1, 0.15) is 17.5 Å². The first-order valence-electron chi connectivity index (χ1n) is 8.27. The summed E-state index contributed by atoms with van der Waals surface area (Å²) in [5, 5.41) is 10.4. The summed E-state index contributed by atoms with van der Waals surface area (Å²) in [5.74, 6) is -0.435. The molecule has 2 aromatic rings. The maximum atomic E-state index is 12.0. The average Bonchev–Trinajstić information content (AvgIpc) is 3.12. The third-order valence-corrected chi connectivity index (χ3v) is 7.34. The first-order valence-corrected chi connectivity index (χ1v) is 10.3. The minimum atomic E-state index is -0.470. The van der Waals surface area contributed by atoms with Crippen LogP contribution >= 0.6 is 0 Å². The van der Waals surface area contributed by atoms with Crippen molar-refractivity contribution in [3.05, 3.63) is 65.7 Å². The molecule has 3 rings (SSSR count). The summed E-state index contributed by atoms with van der Waals surface area (Å²) in [6, 6.07) is 18.1. The second-order valence-electron chi connectivity index (χ2n) is 6.15. The topological polar surface area (TPSA) is 55.8 Å². The molecule has 1 N–H and O–H groups in total. The Labute approximate surface area is 154 Å². The summed E-state index contributed by atoms with van der Waals surface area (Å²) < 4.78 is 12.3. The molecule has 0 saturated carbocycles. The summed E-state index contributed by atoms with van der Waals surface area (Å²) >= 11 is 0.125. The molecule has 1 aliphatic heterocycles. The number of ether oxygens (including phenoxy) is 2. The monoisotopic (exact) mass is 406 g/mol. The number of benzene rings is 2. The van der Waals surface area contributed by atoms with Crippen molar-refractivity contribution in [3.8, 4) is 0 Å². The van der Waals surface area contributed by atoms with Gasteiger partial charge in [0.15, 0.2) is 0 Å². The maximum absolute atomic E-state index is 12.0. The Morgan fingerprint density at radius 2 is 1.96 bits per heavy atom. The van der Waals surface area contributed by atoms with Crippen LogP contribution in [0.25, 0.3) is 0 Å². The van der Waals surface area contributed by atoms with Crippen molar-refractivity contribution in [1.82, 2.24) is 0 Å².